The molecule has 0 aliphatic carbocycles. The average Bonchev–Trinajstić information content (AvgIpc) is 2.94. The van der Waals surface area contributed by atoms with Gasteiger partial charge in [-0.25, -0.2) is 0 Å². The molecule has 0 bridgehead atoms. The zero-order valence-corrected chi connectivity index (χ0v) is 12.7. The molecule has 1 aromatic rings. The number of unbranched alkanes of at least 4 members (excludes halogenated alkanes) is 1. The summed E-state index contributed by atoms with van der Waals surface area (Å²) in [5, 5.41) is 2.50. The molecule has 1 heterocycles. The molecule has 3 N–H and O–H groups in total. The number of thiazole rings is 1. The van der Waals surface area contributed by atoms with Crippen molar-refractivity contribution in [1.29, 1.82) is 0 Å². The largest absolute Gasteiger partial charge is 0.380 e. The lowest BCUT2D eigenvalue weighted by atomic mass is 10.2. The van der Waals surface area contributed by atoms with E-state index >= 15 is 0 Å². The van der Waals surface area contributed by atoms with E-state index in [1.807, 2.05) is 11.7 Å². The molecule has 0 fully saturated rings. The predicted molar refractivity (Wildman–Crippen MR) is 78.7 cm³/mol. The van der Waals surface area contributed by atoms with Crippen LogP contribution in [0.4, 0.5) is 0 Å². The first-order valence-corrected chi connectivity index (χ1v) is 7.59. The Balaban J connectivity index is 1.88. The zero-order valence-electron chi connectivity index (χ0n) is 11.8. The van der Waals surface area contributed by atoms with Gasteiger partial charge in [-0.2, -0.15) is 0 Å². The minimum absolute atomic E-state index is 0.0138. The Labute approximate surface area is 123 Å². The highest BCUT2D eigenvalue weighted by atomic mass is 32.1. The first-order valence-electron chi connectivity index (χ1n) is 6.71. The van der Waals surface area contributed by atoms with E-state index in [2.05, 4.69) is 10.3 Å². The van der Waals surface area contributed by atoms with Crippen molar-refractivity contribution >= 4 is 17.2 Å². The van der Waals surface area contributed by atoms with E-state index in [4.69, 9.17) is 15.2 Å². The summed E-state index contributed by atoms with van der Waals surface area (Å²) < 4.78 is 10.7. The van der Waals surface area contributed by atoms with Crippen LogP contribution in [0, 0.1) is 0 Å². The number of nitrogens with two attached hydrogens (primary N) is 1. The summed E-state index contributed by atoms with van der Waals surface area (Å²) in [6.45, 7) is 1.91. The summed E-state index contributed by atoms with van der Waals surface area (Å²) in [6, 6.07) is 0.0138. The molecule has 20 heavy (non-hydrogen) atoms. The predicted octanol–water partition coefficient (Wildman–Crippen LogP) is 0.572. The quantitative estimate of drug-likeness (QED) is 0.584. The van der Waals surface area contributed by atoms with E-state index in [1.165, 1.54) is 4.88 Å². The molecule has 114 valence electrons. The third kappa shape index (κ3) is 8.21. The van der Waals surface area contributed by atoms with Crippen molar-refractivity contribution in [3.8, 4) is 0 Å². The standard InChI is InChI=1S/C13H23N3O3S/c1-15-13(17)9-19-5-3-2-4-18-8-11(14)6-12-7-16-10-20-12/h7,10-11H,2-6,8-9,14H2,1H3,(H,15,17). The monoisotopic (exact) mass is 301 g/mol. The van der Waals surface area contributed by atoms with Gasteiger partial charge < -0.3 is 20.5 Å². The lowest BCUT2D eigenvalue weighted by Crippen LogP contribution is -2.28. The van der Waals surface area contributed by atoms with Crippen LogP contribution in [0.1, 0.15) is 17.7 Å². The van der Waals surface area contributed by atoms with E-state index < -0.39 is 0 Å². The van der Waals surface area contributed by atoms with Gasteiger partial charge in [-0.15, -0.1) is 11.3 Å². The molecule has 7 heteroatoms. The van der Waals surface area contributed by atoms with Gasteiger partial charge in [0.25, 0.3) is 0 Å². The molecule has 1 unspecified atom stereocenters. The molecule has 1 amide bonds. The Hall–Kier alpha value is -1.02. The summed E-state index contributed by atoms with van der Waals surface area (Å²) in [6.07, 6.45) is 4.43. The molecule has 1 aromatic heterocycles. The number of nitrogens with one attached hydrogen (secondary N) is 1. The van der Waals surface area contributed by atoms with E-state index in [1.54, 1.807) is 18.4 Å². The third-order valence-corrected chi connectivity index (χ3v) is 3.42. The van der Waals surface area contributed by atoms with Crippen LogP contribution in [0.3, 0.4) is 0 Å². The van der Waals surface area contributed by atoms with Gasteiger partial charge in [-0.3, -0.25) is 9.78 Å². The topological polar surface area (TPSA) is 86.5 Å². The second kappa shape index (κ2) is 10.7. The van der Waals surface area contributed by atoms with Crippen LogP contribution in [0.15, 0.2) is 11.7 Å². The molecule has 1 atom stereocenters. The van der Waals surface area contributed by atoms with Gasteiger partial charge in [0.2, 0.25) is 5.91 Å². The van der Waals surface area contributed by atoms with Gasteiger partial charge >= 0.3 is 0 Å². The van der Waals surface area contributed by atoms with Crippen LogP contribution in [-0.4, -0.2) is 50.4 Å². The molecule has 0 radical (unpaired) electrons. The molecule has 0 aliphatic heterocycles. The fourth-order valence-corrected chi connectivity index (χ4v) is 2.23. The van der Waals surface area contributed by atoms with Gasteiger partial charge in [0.15, 0.2) is 0 Å². The molecule has 0 aliphatic rings. The van der Waals surface area contributed by atoms with Crippen LogP contribution >= 0.6 is 11.3 Å². The van der Waals surface area contributed by atoms with Crippen LogP contribution in [0.5, 0.6) is 0 Å². The van der Waals surface area contributed by atoms with Gasteiger partial charge in [-0.1, -0.05) is 0 Å². The van der Waals surface area contributed by atoms with Crippen LogP contribution in [0.25, 0.3) is 0 Å². The number of likely N-dealkylation sites (N-methyl/N-ethyl adjacent to an activating group) is 1. The maximum atomic E-state index is 10.9. The molecular weight excluding hydrogens is 278 g/mol. The summed E-state index contributed by atoms with van der Waals surface area (Å²) in [4.78, 5) is 16.1. The Morgan fingerprint density at radius 2 is 2.20 bits per heavy atom. The first kappa shape index (κ1) is 17.0. The first-order chi connectivity index (χ1) is 9.72. The fourth-order valence-electron chi connectivity index (χ4n) is 1.54. The van der Waals surface area contributed by atoms with Crippen molar-refractivity contribution in [2.45, 2.75) is 25.3 Å². The number of aromatic nitrogens is 1. The Morgan fingerprint density at radius 3 is 2.85 bits per heavy atom. The van der Waals surface area contributed by atoms with Crippen molar-refractivity contribution in [2.24, 2.45) is 5.73 Å². The number of ether oxygens (including phenoxy) is 2. The summed E-state index contributed by atoms with van der Waals surface area (Å²) in [5.74, 6) is -0.102. The molecule has 0 spiro atoms. The lowest BCUT2D eigenvalue weighted by molar-refractivity contribution is -0.125. The molecule has 0 aromatic carbocycles. The second-order valence-electron chi connectivity index (χ2n) is 4.44. The summed E-state index contributed by atoms with van der Waals surface area (Å²) in [5.41, 5.74) is 7.77. The van der Waals surface area contributed by atoms with E-state index in [0.29, 0.717) is 19.8 Å². The van der Waals surface area contributed by atoms with Crippen LogP contribution in [0.2, 0.25) is 0 Å². The van der Waals surface area contributed by atoms with Gasteiger partial charge in [0.05, 0.1) is 12.1 Å². The van der Waals surface area contributed by atoms with E-state index in [0.717, 1.165) is 19.3 Å². The van der Waals surface area contributed by atoms with Crippen molar-refractivity contribution < 1.29 is 14.3 Å². The molecule has 0 saturated carbocycles. The molecular formula is C13H23N3O3S. The number of carbonyl (C=O) groups is 1. The van der Waals surface area contributed by atoms with E-state index in [9.17, 15) is 4.79 Å². The fraction of sp³-hybridized carbons (Fsp3) is 0.692. The normalized spacial score (nSPS) is 12.3. The number of hydrogen-bond acceptors (Lipinski definition) is 6. The number of carbonyl (C=O) groups excluding carboxylic acids is 1. The Bertz CT molecular complexity index is 360. The van der Waals surface area contributed by atoms with Gasteiger partial charge in [0, 0.05) is 43.8 Å². The molecule has 6 nitrogen and oxygen atoms in total. The van der Waals surface area contributed by atoms with E-state index in [-0.39, 0.29) is 18.6 Å². The summed E-state index contributed by atoms with van der Waals surface area (Å²) >= 11 is 1.61. The van der Waals surface area contributed by atoms with Crippen molar-refractivity contribution in [3.63, 3.8) is 0 Å². The highest BCUT2D eigenvalue weighted by molar-refractivity contribution is 7.09. The number of amides is 1. The average molecular weight is 301 g/mol. The number of hydrogen-bond donors (Lipinski definition) is 2. The van der Waals surface area contributed by atoms with Crippen molar-refractivity contribution in [3.05, 3.63) is 16.6 Å². The number of nitrogens with zero attached hydrogens (tertiary/aromatic N) is 1. The maximum Gasteiger partial charge on any atom is 0.245 e. The minimum Gasteiger partial charge on any atom is -0.380 e. The Kier molecular flexibility index (Phi) is 9.14. The van der Waals surface area contributed by atoms with Crippen LogP contribution in [-0.2, 0) is 20.7 Å². The maximum absolute atomic E-state index is 10.9. The SMILES string of the molecule is CNC(=O)COCCCCOCC(N)Cc1cncs1. The number of rotatable bonds is 11. The highest BCUT2D eigenvalue weighted by Gasteiger charge is 2.05. The minimum atomic E-state index is -0.102. The summed E-state index contributed by atoms with van der Waals surface area (Å²) in [7, 11) is 1.59. The van der Waals surface area contributed by atoms with Crippen LogP contribution < -0.4 is 11.1 Å². The van der Waals surface area contributed by atoms with Crippen molar-refractivity contribution in [2.75, 3.05) is 33.5 Å². The van der Waals surface area contributed by atoms with Crippen molar-refractivity contribution in [1.82, 2.24) is 10.3 Å². The molecule has 1 rings (SSSR count). The molecule has 0 saturated heterocycles. The van der Waals surface area contributed by atoms with Gasteiger partial charge in [-0.05, 0) is 12.8 Å². The smallest absolute Gasteiger partial charge is 0.245 e. The second-order valence-corrected chi connectivity index (χ2v) is 5.41. The highest BCUT2D eigenvalue weighted by Crippen LogP contribution is 2.07. The Morgan fingerprint density at radius 1 is 1.45 bits per heavy atom. The lowest BCUT2D eigenvalue weighted by Gasteiger charge is -2.10. The third-order valence-electron chi connectivity index (χ3n) is 2.62. The van der Waals surface area contributed by atoms with Gasteiger partial charge in [0.1, 0.15) is 6.61 Å². The zero-order chi connectivity index (χ0) is 14.6.